The monoisotopic (exact) mass is 274 g/mol. The summed E-state index contributed by atoms with van der Waals surface area (Å²) in [6.07, 6.45) is -0.516. The Morgan fingerprint density at radius 1 is 1.45 bits per heavy atom. The molecule has 106 valence electrons. The van der Waals surface area contributed by atoms with Gasteiger partial charge in [-0.1, -0.05) is 18.2 Å². The van der Waals surface area contributed by atoms with E-state index >= 15 is 0 Å². The smallest absolute Gasteiger partial charge is 0.410 e. The minimum absolute atomic E-state index is 0.206. The van der Waals surface area contributed by atoms with Crippen molar-refractivity contribution in [2.75, 3.05) is 13.1 Å². The van der Waals surface area contributed by atoms with Crippen molar-refractivity contribution in [2.45, 2.75) is 26.1 Å². The van der Waals surface area contributed by atoms with Gasteiger partial charge in [0.25, 0.3) is 0 Å². The van der Waals surface area contributed by atoms with Crippen LogP contribution in [-0.4, -0.2) is 40.0 Å². The van der Waals surface area contributed by atoms with E-state index in [0.717, 1.165) is 23.1 Å². The summed E-state index contributed by atoms with van der Waals surface area (Å²) in [6.45, 7) is 4.20. The summed E-state index contributed by atoms with van der Waals surface area (Å²) in [7, 11) is 0. The Kier molecular flexibility index (Phi) is 3.31. The van der Waals surface area contributed by atoms with Gasteiger partial charge in [-0.3, -0.25) is 9.58 Å². The topological polar surface area (TPSA) is 73.4 Å². The molecule has 0 saturated carbocycles. The minimum atomic E-state index is -0.310. The lowest BCUT2D eigenvalue weighted by Crippen LogP contribution is -2.27. The molecule has 6 nitrogen and oxygen atoms in total. The average Bonchev–Trinajstić information content (AvgIpc) is 3.01. The molecule has 2 aromatic rings. The molecule has 0 radical (unpaired) electrons. The molecule has 2 heterocycles. The van der Waals surface area contributed by atoms with Crippen LogP contribution in [0.4, 0.5) is 4.79 Å². The summed E-state index contributed by atoms with van der Waals surface area (Å²) >= 11 is 0. The van der Waals surface area contributed by atoms with Crippen molar-refractivity contribution < 1.29 is 9.53 Å². The summed E-state index contributed by atoms with van der Waals surface area (Å²) in [4.78, 5) is 13.4. The van der Waals surface area contributed by atoms with E-state index in [2.05, 4.69) is 12.0 Å². The van der Waals surface area contributed by atoms with Crippen LogP contribution in [0.2, 0.25) is 0 Å². The second kappa shape index (κ2) is 5.13. The number of nitrogens with zero attached hydrogens (tertiary/aromatic N) is 3. The lowest BCUT2D eigenvalue weighted by Gasteiger charge is -2.10. The van der Waals surface area contributed by atoms with Crippen molar-refractivity contribution in [1.82, 2.24) is 14.7 Å². The quantitative estimate of drug-likeness (QED) is 0.913. The zero-order valence-corrected chi connectivity index (χ0v) is 11.5. The van der Waals surface area contributed by atoms with Crippen LogP contribution >= 0.6 is 0 Å². The van der Waals surface area contributed by atoms with Crippen LogP contribution in [0.5, 0.6) is 0 Å². The van der Waals surface area contributed by atoms with E-state index in [0.29, 0.717) is 19.6 Å². The van der Waals surface area contributed by atoms with Gasteiger partial charge in [-0.25, -0.2) is 4.79 Å². The van der Waals surface area contributed by atoms with Crippen molar-refractivity contribution in [3.63, 3.8) is 0 Å². The largest absolute Gasteiger partial charge is 0.443 e. The van der Waals surface area contributed by atoms with Gasteiger partial charge in [0.2, 0.25) is 0 Å². The third kappa shape index (κ3) is 2.12. The van der Waals surface area contributed by atoms with Crippen LogP contribution in [0.25, 0.3) is 10.9 Å². The molecule has 1 unspecified atom stereocenters. The molecular weight excluding hydrogens is 256 g/mol. The number of rotatable bonds is 4. The predicted molar refractivity (Wildman–Crippen MR) is 75.1 cm³/mol. The number of benzene rings is 1. The second-order valence-corrected chi connectivity index (χ2v) is 4.90. The summed E-state index contributed by atoms with van der Waals surface area (Å²) in [5, 5.41) is 5.67. The highest BCUT2D eigenvalue weighted by molar-refractivity contribution is 5.82. The number of aryl methyl sites for hydroxylation is 1. The van der Waals surface area contributed by atoms with Crippen molar-refractivity contribution in [2.24, 2.45) is 5.73 Å². The Morgan fingerprint density at radius 3 is 2.95 bits per heavy atom. The van der Waals surface area contributed by atoms with Crippen LogP contribution in [0.15, 0.2) is 24.3 Å². The first kappa shape index (κ1) is 12.9. The van der Waals surface area contributed by atoms with E-state index in [4.69, 9.17) is 10.5 Å². The molecule has 0 aliphatic carbocycles. The van der Waals surface area contributed by atoms with Gasteiger partial charge < -0.3 is 10.5 Å². The van der Waals surface area contributed by atoms with E-state index < -0.39 is 0 Å². The lowest BCUT2D eigenvalue weighted by molar-refractivity contribution is 0.134. The van der Waals surface area contributed by atoms with Gasteiger partial charge in [-0.05, 0) is 13.0 Å². The molecular formula is C14H18N4O2. The van der Waals surface area contributed by atoms with Gasteiger partial charge in [0, 0.05) is 18.5 Å². The SMILES string of the molecule is CCn1nc(CN2CC(CN)OC2=O)c2ccccc21. The Bertz CT molecular complexity index is 637. The maximum Gasteiger partial charge on any atom is 0.410 e. The Balaban J connectivity index is 1.90. The van der Waals surface area contributed by atoms with Crippen LogP contribution in [0, 0.1) is 0 Å². The highest BCUT2D eigenvalue weighted by atomic mass is 16.6. The molecule has 3 rings (SSSR count). The third-order valence-corrected chi connectivity index (χ3v) is 3.59. The number of fused-ring (bicyclic) bond motifs is 1. The fourth-order valence-corrected chi connectivity index (χ4v) is 2.56. The average molecular weight is 274 g/mol. The van der Waals surface area contributed by atoms with Crippen LogP contribution < -0.4 is 5.73 Å². The van der Waals surface area contributed by atoms with E-state index in [1.54, 1.807) is 4.90 Å². The molecule has 1 aromatic heterocycles. The van der Waals surface area contributed by atoms with Gasteiger partial charge in [0.05, 0.1) is 24.3 Å². The number of nitrogens with two attached hydrogens (primary N) is 1. The van der Waals surface area contributed by atoms with E-state index in [1.165, 1.54) is 0 Å². The fourth-order valence-electron chi connectivity index (χ4n) is 2.56. The summed E-state index contributed by atoms with van der Waals surface area (Å²) < 4.78 is 7.12. The normalized spacial score (nSPS) is 18.8. The molecule has 1 fully saturated rings. The number of amides is 1. The highest BCUT2D eigenvalue weighted by Crippen LogP contribution is 2.22. The van der Waals surface area contributed by atoms with Crippen molar-refractivity contribution in [1.29, 1.82) is 0 Å². The first-order valence-electron chi connectivity index (χ1n) is 6.83. The number of para-hydroxylation sites is 1. The second-order valence-electron chi connectivity index (χ2n) is 4.90. The Hall–Kier alpha value is -2.08. The van der Waals surface area contributed by atoms with Gasteiger partial charge in [0.1, 0.15) is 6.10 Å². The number of cyclic esters (lactones) is 1. The maximum atomic E-state index is 11.8. The maximum absolute atomic E-state index is 11.8. The molecule has 1 atom stereocenters. The number of hydrogen-bond acceptors (Lipinski definition) is 4. The number of ether oxygens (including phenoxy) is 1. The molecule has 0 bridgehead atoms. The standard InChI is InChI=1S/C14H18N4O2/c1-2-18-13-6-4-3-5-11(13)12(16-18)9-17-8-10(7-15)20-14(17)19/h3-6,10H,2,7-9,15H2,1H3. The molecule has 0 spiro atoms. The van der Waals surface area contributed by atoms with Crippen LogP contribution in [-0.2, 0) is 17.8 Å². The summed E-state index contributed by atoms with van der Waals surface area (Å²) in [5.41, 5.74) is 7.53. The Morgan fingerprint density at radius 2 is 2.25 bits per heavy atom. The van der Waals surface area contributed by atoms with Gasteiger partial charge in [-0.15, -0.1) is 0 Å². The molecule has 1 saturated heterocycles. The number of hydrogen-bond donors (Lipinski definition) is 1. The van der Waals surface area contributed by atoms with E-state index in [-0.39, 0.29) is 12.2 Å². The zero-order valence-electron chi connectivity index (χ0n) is 11.5. The number of carbonyl (C=O) groups excluding carboxylic acids is 1. The van der Waals surface area contributed by atoms with Crippen LogP contribution in [0.1, 0.15) is 12.6 Å². The van der Waals surface area contributed by atoms with Crippen molar-refractivity contribution >= 4 is 17.0 Å². The van der Waals surface area contributed by atoms with Gasteiger partial charge >= 0.3 is 6.09 Å². The molecule has 1 aliphatic heterocycles. The van der Waals surface area contributed by atoms with Crippen LogP contribution in [0.3, 0.4) is 0 Å². The molecule has 6 heteroatoms. The summed E-state index contributed by atoms with van der Waals surface area (Å²) in [6, 6.07) is 8.05. The van der Waals surface area contributed by atoms with E-state index in [1.807, 2.05) is 28.9 Å². The molecule has 1 amide bonds. The first-order chi connectivity index (χ1) is 9.72. The fraction of sp³-hybridized carbons (Fsp3) is 0.429. The number of carbonyl (C=O) groups is 1. The lowest BCUT2D eigenvalue weighted by atomic mass is 10.2. The highest BCUT2D eigenvalue weighted by Gasteiger charge is 2.31. The van der Waals surface area contributed by atoms with Gasteiger partial charge in [0.15, 0.2) is 0 Å². The molecule has 1 aromatic carbocycles. The van der Waals surface area contributed by atoms with Gasteiger partial charge in [-0.2, -0.15) is 5.10 Å². The minimum Gasteiger partial charge on any atom is -0.443 e. The van der Waals surface area contributed by atoms with Crippen molar-refractivity contribution in [3.8, 4) is 0 Å². The van der Waals surface area contributed by atoms with E-state index in [9.17, 15) is 4.79 Å². The first-order valence-corrected chi connectivity index (χ1v) is 6.83. The molecule has 2 N–H and O–H groups in total. The van der Waals surface area contributed by atoms with Crippen molar-refractivity contribution in [3.05, 3.63) is 30.0 Å². The summed E-state index contributed by atoms with van der Waals surface area (Å²) in [5.74, 6) is 0. The number of aromatic nitrogens is 2. The third-order valence-electron chi connectivity index (χ3n) is 3.59. The zero-order chi connectivity index (χ0) is 14.1. The Labute approximate surface area is 117 Å². The molecule has 20 heavy (non-hydrogen) atoms. The predicted octanol–water partition coefficient (Wildman–Crippen LogP) is 1.34. The molecule has 1 aliphatic rings.